The van der Waals surface area contributed by atoms with Gasteiger partial charge in [0.1, 0.15) is 12.2 Å². The third-order valence-corrected chi connectivity index (χ3v) is 9.70. The molecule has 43 heavy (non-hydrogen) atoms. The molecule has 4 rings (SSSR count). The van der Waals surface area contributed by atoms with Crippen molar-refractivity contribution in [1.29, 1.82) is 0 Å². The van der Waals surface area contributed by atoms with E-state index in [0.29, 0.717) is 57.3 Å². The third-order valence-electron chi connectivity index (χ3n) is 8.04. The van der Waals surface area contributed by atoms with Gasteiger partial charge in [0.2, 0.25) is 11.8 Å². The van der Waals surface area contributed by atoms with Crippen LogP contribution in [0.4, 0.5) is 5.69 Å². The fourth-order valence-electron chi connectivity index (χ4n) is 5.73. The summed E-state index contributed by atoms with van der Waals surface area (Å²) in [5.41, 5.74) is 3.24. The van der Waals surface area contributed by atoms with Crippen molar-refractivity contribution in [3.05, 3.63) is 53.0 Å². The molecule has 0 radical (unpaired) electrons. The SMILES string of the molecule is CCN(C(=O)Cn1c(C(=O)NC2CCC(C(=O)NCCCCCCS(=O)(=O)O)CC2)cc2sccc21)c1cccc(C)c1. The lowest BCUT2D eigenvalue weighted by Gasteiger charge is -2.28. The van der Waals surface area contributed by atoms with Crippen LogP contribution in [0.2, 0.25) is 0 Å². The Kier molecular flexibility index (Phi) is 11.4. The summed E-state index contributed by atoms with van der Waals surface area (Å²) in [5.74, 6) is -0.606. The zero-order chi connectivity index (χ0) is 31.0. The highest BCUT2D eigenvalue weighted by Crippen LogP contribution is 2.28. The van der Waals surface area contributed by atoms with Crippen molar-refractivity contribution in [2.45, 2.75) is 77.8 Å². The third kappa shape index (κ3) is 9.14. The van der Waals surface area contributed by atoms with Gasteiger partial charge in [-0.1, -0.05) is 25.0 Å². The molecule has 234 valence electrons. The predicted molar refractivity (Wildman–Crippen MR) is 170 cm³/mol. The minimum Gasteiger partial charge on any atom is -0.356 e. The van der Waals surface area contributed by atoms with Crippen molar-refractivity contribution < 1.29 is 27.4 Å². The minimum atomic E-state index is -3.91. The summed E-state index contributed by atoms with van der Waals surface area (Å²) < 4.78 is 33.1. The number of thiophene rings is 1. The predicted octanol–water partition coefficient (Wildman–Crippen LogP) is 4.92. The number of nitrogens with zero attached hydrogens (tertiary/aromatic N) is 2. The summed E-state index contributed by atoms with van der Waals surface area (Å²) >= 11 is 1.54. The van der Waals surface area contributed by atoms with Crippen LogP contribution in [-0.4, -0.2) is 60.1 Å². The van der Waals surface area contributed by atoms with Gasteiger partial charge in [-0.25, -0.2) is 0 Å². The van der Waals surface area contributed by atoms with Gasteiger partial charge >= 0.3 is 0 Å². The summed E-state index contributed by atoms with van der Waals surface area (Å²) in [6.45, 7) is 5.04. The average molecular weight is 631 g/mol. The van der Waals surface area contributed by atoms with E-state index in [1.165, 1.54) is 11.3 Å². The molecule has 3 amide bonds. The van der Waals surface area contributed by atoms with Crippen LogP contribution in [0.1, 0.15) is 74.3 Å². The molecule has 0 spiro atoms. The quantitative estimate of drug-likeness (QED) is 0.171. The number of aromatic nitrogens is 1. The first kappa shape index (κ1) is 32.7. The fourth-order valence-corrected chi connectivity index (χ4v) is 7.12. The van der Waals surface area contributed by atoms with Crippen molar-refractivity contribution in [3.8, 4) is 0 Å². The standard InChI is InChI=1S/C31H42N4O6S2/c1-3-34(25-10-8-9-22(2)19-25)29(36)21-35-26-15-17-42-28(26)20-27(35)31(38)33-24-13-11-23(12-14-24)30(37)32-16-6-4-5-7-18-43(39,40)41/h8-10,15,17,19-20,23-24H,3-7,11-14,16,18,21H2,1-2H3,(H,32,37)(H,33,38)(H,39,40,41). The number of aryl methyl sites for hydroxylation is 1. The number of amides is 3. The first-order valence-corrected chi connectivity index (χ1v) is 17.5. The zero-order valence-electron chi connectivity index (χ0n) is 24.9. The second-order valence-electron chi connectivity index (χ2n) is 11.3. The Balaban J connectivity index is 1.28. The molecule has 12 heteroatoms. The Bertz CT molecular complexity index is 1520. The lowest BCUT2D eigenvalue weighted by Crippen LogP contribution is -2.42. The van der Waals surface area contributed by atoms with Crippen LogP contribution in [0.15, 0.2) is 41.8 Å². The Labute approximate surface area is 257 Å². The molecule has 0 unspecified atom stereocenters. The molecule has 1 aromatic carbocycles. The number of unbranched alkanes of at least 4 members (excludes halogenated alkanes) is 3. The first-order chi connectivity index (χ1) is 20.6. The van der Waals surface area contributed by atoms with Gasteiger partial charge in [-0.3, -0.25) is 18.9 Å². The van der Waals surface area contributed by atoms with E-state index >= 15 is 0 Å². The van der Waals surface area contributed by atoms with Crippen LogP contribution in [0.25, 0.3) is 10.2 Å². The maximum absolute atomic E-state index is 13.5. The van der Waals surface area contributed by atoms with Gasteiger partial charge in [0.15, 0.2) is 0 Å². The second-order valence-corrected chi connectivity index (χ2v) is 13.8. The molecule has 10 nitrogen and oxygen atoms in total. The molecule has 0 saturated heterocycles. The van der Waals surface area contributed by atoms with Crippen LogP contribution < -0.4 is 15.5 Å². The fraction of sp³-hybridized carbons (Fsp3) is 0.516. The molecule has 0 bridgehead atoms. The van der Waals surface area contributed by atoms with E-state index in [0.717, 1.165) is 34.3 Å². The van der Waals surface area contributed by atoms with Gasteiger partial charge in [0.25, 0.3) is 16.0 Å². The number of fused-ring (bicyclic) bond motifs is 1. The number of carbonyl (C=O) groups is 3. The number of rotatable bonds is 14. The number of carbonyl (C=O) groups excluding carboxylic acids is 3. The Morgan fingerprint density at radius 3 is 2.49 bits per heavy atom. The highest BCUT2D eigenvalue weighted by Gasteiger charge is 2.28. The minimum absolute atomic E-state index is 0.0180. The van der Waals surface area contributed by atoms with E-state index in [4.69, 9.17) is 4.55 Å². The van der Waals surface area contributed by atoms with Gasteiger partial charge in [-0.2, -0.15) is 8.42 Å². The summed E-state index contributed by atoms with van der Waals surface area (Å²) in [6, 6.07) is 11.6. The molecule has 1 fully saturated rings. The lowest BCUT2D eigenvalue weighted by atomic mass is 9.85. The number of anilines is 1. The van der Waals surface area contributed by atoms with Crippen molar-refractivity contribution in [1.82, 2.24) is 15.2 Å². The van der Waals surface area contributed by atoms with Crippen molar-refractivity contribution in [2.24, 2.45) is 5.92 Å². The maximum Gasteiger partial charge on any atom is 0.268 e. The summed E-state index contributed by atoms with van der Waals surface area (Å²) in [7, 11) is -3.91. The monoisotopic (exact) mass is 630 g/mol. The van der Waals surface area contributed by atoms with E-state index in [2.05, 4.69) is 10.6 Å². The van der Waals surface area contributed by atoms with Gasteiger partial charge in [0.05, 0.1) is 16.0 Å². The normalized spacial score (nSPS) is 17.1. The van der Waals surface area contributed by atoms with Crippen LogP contribution in [0.5, 0.6) is 0 Å². The Hall–Kier alpha value is -3.22. The largest absolute Gasteiger partial charge is 0.356 e. The summed E-state index contributed by atoms with van der Waals surface area (Å²) in [6.07, 6.45) is 5.38. The Morgan fingerprint density at radius 1 is 1.05 bits per heavy atom. The number of likely N-dealkylation sites (N-methyl/N-ethyl adjacent to an activating group) is 1. The van der Waals surface area contributed by atoms with Crippen LogP contribution in [-0.2, 0) is 26.3 Å². The summed E-state index contributed by atoms with van der Waals surface area (Å²) in [5, 5.41) is 8.09. The molecule has 3 N–H and O–H groups in total. The molecule has 1 aliphatic carbocycles. The van der Waals surface area contributed by atoms with Gasteiger partial charge in [-0.15, -0.1) is 11.3 Å². The van der Waals surface area contributed by atoms with Crippen LogP contribution in [0, 0.1) is 12.8 Å². The van der Waals surface area contributed by atoms with Crippen molar-refractivity contribution in [3.63, 3.8) is 0 Å². The van der Waals surface area contributed by atoms with Crippen molar-refractivity contribution >= 4 is 55.1 Å². The average Bonchev–Trinajstić information content (AvgIpc) is 3.55. The van der Waals surface area contributed by atoms with Gasteiger partial charge in [-0.05, 0) is 87.6 Å². The number of hydrogen-bond acceptors (Lipinski definition) is 6. The van der Waals surface area contributed by atoms with Gasteiger partial charge < -0.3 is 20.1 Å². The number of hydrogen-bond donors (Lipinski definition) is 3. The molecule has 3 aromatic rings. The van der Waals surface area contributed by atoms with E-state index in [9.17, 15) is 22.8 Å². The molecular formula is C31H42N4O6S2. The summed E-state index contributed by atoms with van der Waals surface area (Å²) in [4.78, 5) is 41.3. The highest BCUT2D eigenvalue weighted by molar-refractivity contribution is 7.85. The number of benzene rings is 1. The zero-order valence-corrected chi connectivity index (χ0v) is 26.5. The topological polar surface area (TPSA) is 138 Å². The van der Waals surface area contributed by atoms with E-state index in [1.807, 2.05) is 60.2 Å². The van der Waals surface area contributed by atoms with Crippen LogP contribution >= 0.6 is 11.3 Å². The molecular weight excluding hydrogens is 588 g/mol. The lowest BCUT2D eigenvalue weighted by molar-refractivity contribution is -0.126. The molecule has 2 aromatic heterocycles. The molecule has 2 heterocycles. The van der Waals surface area contributed by atoms with E-state index < -0.39 is 10.1 Å². The molecule has 1 aliphatic rings. The van der Waals surface area contributed by atoms with Crippen LogP contribution in [0.3, 0.4) is 0 Å². The van der Waals surface area contributed by atoms with Crippen molar-refractivity contribution in [2.75, 3.05) is 23.7 Å². The molecule has 0 aliphatic heterocycles. The van der Waals surface area contributed by atoms with E-state index in [-0.39, 0.29) is 42.0 Å². The second kappa shape index (κ2) is 15.0. The Morgan fingerprint density at radius 2 is 1.79 bits per heavy atom. The number of nitrogens with one attached hydrogen (secondary N) is 2. The highest BCUT2D eigenvalue weighted by atomic mass is 32.2. The van der Waals surface area contributed by atoms with E-state index in [1.54, 1.807) is 4.90 Å². The molecule has 1 saturated carbocycles. The molecule has 0 atom stereocenters. The van der Waals surface area contributed by atoms with Gasteiger partial charge in [0, 0.05) is 30.7 Å². The smallest absolute Gasteiger partial charge is 0.268 e. The maximum atomic E-state index is 13.5. The first-order valence-electron chi connectivity index (χ1n) is 15.0.